The van der Waals surface area contributed by atoms with Crippen LogP contribution in [0, 0.1) is 0 Å². The third-order valence-electron chi connectivity index (χ3n) is 6.71. The monoisotopic (exact) mass is 491 g/mol. The average Bonchev–Trinajstić information content (AvgIpc) is 3.59. The number of benzene rings is 2. The summed E-state index contributed by atoms with van der Waals surface area (Å²) in [7, 11) is 0. The molecule has 35 heavy (non-hydrogen) atoms. The number of carbonyl (C=O) groups excluding carboxylic acids is 2. The molecule has 7 nitrogen and oxygen atoms in total. The Morgan fingerprint density at radius 1 is 1.03 bits per heavy atom. The predicted octanol–water partition coefficient (Wildman–Crippen LogP) is 4.22. The standard InChI is InChI=1S/C27H29N3O4S/c31-24(18-7-2-1-3-8-18)17-35-27-29-23-15-19(25(32)28-20-9-4-5-10-20)12-13-22(23)26(33)30(27)16-21-11-6-14-34-21/h1-3,7-8,12-13,15,20-21H,4-6,9-11,14,16-17H2,(H,28,32)/t21-/m1/s1. The maximum absolute atomic E-state index is 13.5. The van der Waals surface area contributed by atoms with E-state index in [1.54, 1.807) is 34.9 Å². The number of carbonyl (C=O) groups is 2. The quantitative estimate of drug-likeness (QED) is 0.288. The van der Waals surface area contributed by atoms with E-state index < -0.39 is 0 Å². The summed E-state index contributed by atoms with van der Waals surface area (Å²) in [5.41, 5.74) is 1.40. The number of aromatic nitrogens is 2. The van der Waals surface area contributed by atoms with Gasteiger partial charge in [-0.1, -0.05) is 54.9 Å². The first kappa shape index (κ1) is 23.8. The number of ether oxygens (including phenoxy) is 1. The van der Waals surface area contributed by atoms with Crippen molar-refractivity contribution >= 4 is 34.4 Å². The normalized spacial score (nSPS) is 18.2. The summed E-state index contributed by atoms with van der Waals surface area (Å²) in [5, 5.41) is 4.02. The van der Waals surface area contributed by atoms with Gasteiger partial charge in [0.2, 0.25) is 0 Å². The van der Waals surface area contributed by atoms with E-state index >= 15 is 0 Å². The molecular weight excluding hydrogens is 462 g/mol. The minimum Gasteiger partial charge on any atom is -0.376 e. The smallest absolute Gasteiger partial charge is 0.262 e. The van der Waals surface area contributed by atoms with Gasteiger partial charge in [-0.05, 0) is 43.9 Å². The third-order valence-corrected chi connectivity index (χ3v) is 7.69. The Bertz CT molecular complexity index is 1280. The van der Waals surface area contributed by atoms with E-state index in [4.69, 9.17) is 9.72 Å². The van der Waals surface area contributed by atoms with Gasteiger partial charge in [-0.2, -0.15) is 0 Å². The molecule has 0 spiro atoms. The molecule has 2 heterocycles. The van der Waals surface area contributed by atoms with Crippen LogP contribution in [-0.4, -0.2) is 45.7 Å². The molecule has 182 valence electrons. The van der Waals surface area contributed by atoms with Gasteiger partial charge < -0.3 is 10.1 Å². The lowest BCUT2D eigenvalue weighted by Gasteiger charge is -2.17. The number of fused-ring (bicyclic) bond motifs is 1. The van der Waals surface area contributed by atoms with Crippen LogP contribution in [0.5, 0.6) is 0 Å². The van der Waals surface area contributed by atoms with Crippen LogP contribution in [0.1, 0.15) is 59.2 Å². The highest BCUT2D eigenvalue weighted by atomic mass is 32.2. The van der Waals surface area contributed by atoms with Gasteiger partial charge in [0, 0.05) is 23.8 Å². The molecular formula is C27H29N3O4S. The molecule has 2 fully saturated rings. The number of Topliss-reactive ketones (excluding diaryl/α,β-unsaturated/α-hetero) is 1. The minimum absolute atomic E-state index is 0.0293. The summed E-state index contributed by atoms with van der Waals surface area (Å²) in [6.07, 6.45) is 6.08. The van der Waals surface area contributed by atoms with Gasteiger partial charge in [-0.15, -0.1) is 0 Å². The van der Waals surface area contributed by atoms with Crippen molar-refractivity contribution in [3.05, 3.63) is 70.0 Å². The van der Waals surface area contributed by atoms with E-state index in [9.17, 15) is 14.4 Å². The Morgan fingerprint density at radius 2 is 1.83 bits per heavy atom. The van der Waals surface area contributed by atoms with Gasteiger partial charge in [0.1, 0.15) is 0 Å². The second-order valence-corrected chi connectivity index (χ2v) is 10.2. The molecule has 0 unspecified atom stereocenters. The number of ketones is 1. The van der Waals surface area contributed by atoms with Crippen molar-refractivity contribution in [1.82, 2.24) is 14.9 Å². The molecule has 1 aliphatic heterocycles. The maximum atomic E-state index is 13.5. The number of hydrogen-bond donors (Lipinski definition) is 1. The number of thioether (sulfide) groups is 1. The molecule has 1 aromatic heterocycles. The summed E-state index contributed by atoms with van der Waals surface area (Å²) in [6.45, 7) is 1.09. The van der Waals surface area contributed by atoms with Gasteiger partial charge in [0.15, 0.2) is 10.9 Å². The van der Waals surface area contributed by atoms with Crippen LogP contribution < -0.4 is 10.9 Å². The predicted molar refractivity (Wildman–Crippen MR) is 136 cm³/mol. The molecule has 1 N–H and O–H groups in total. The molecule has 0 bridgehead atoms. The van der Waals surface area contributed by atoms with Crippen molar-refractivity contribution in [3.8, 4) is 0 Å². The van der Waals surface area contributed by atoms with E-state index in [1.807, 2.05) is 18.2 Å². The summed E-state index contributed by atoms with van der Waals surface area (Å²) < 4.78 is 7.40. The zero-order valence-electron chi connectivity index (χ0n) is 19.6. The molecule has 0 radical (unpaired) electrons. The maximum Gasteiger partial charge on any atom is 0.262 e. The van der Waals surface area contributed by atoms with Crippen LogP contribution in [0.25, 0.3) is 10.9 Å². The van der Waals surface area contributed by atoms with E-state index in [1.165, 1.54) is 11.8 Å². The Labute approximate surface area is 208 Å². The van der Waals surface area contributed by atoms with Gasteiger partial charge >= 0.3 is 0 Å². The Hall–Kier alpha value is -2.97. The van der Waals surface area contributed by atoms with Gasteiger partial charge in [-0.25, -0.2) is 4.98 Å². The number of hydrogen-bond acceptors (Lipinski definition) is 6. The summed E-state index contributed by atoms with van der Waals surface area (Å²) in [4.78, 5) is 43.7. The highest BCUT2D eigenvalue weighted by Crippen LogP contribution is 2.23. The Morgan fingerprint density at radius 3 is 2.57 bits per heavy atom. The zero-order valence-corrected chi connectivity index (χ0v) is 20.4. The Balaban J connectivity index is 1.45. The van der Waals surface area contributed by atoms with Gasteiger partial charge in [0.25, 0.3) is 11.5 Å². The van der Waals surface area contributed by atoms with Crippen LogP contribution in [0.3, 0.4) is 0 Å². The molecule has 1 saturated heterocycles. The average molecular weight is 492 g/mol. The van der Waals surface area contributed by atoms with Crippen LogP contribution >= 0.6 is 11.8 Å². The first-order chi connectivity index (χ1) is 17.1. The number of nitrogens with zero attached hydrogens (tertiary/aromatic N) is 2. The van der Waals surface area contributed by atoms with Crippen molar-refractivity contribution in [1.29, 1.82) is 0 Å². The highest BCUT2D eigenvalue weighted by molar-refractivity contribution is 7.99. The minimum atomic E-state index is -0.178. The second kappa shape index (κ2) is 10.7. The van der Waals surface area contributed by atoms with Gasteiger partial charge in [0.05, 0.1) is 29.3 Å². The second-order valence-electron chi connectivity index (χ2n) is 9.21. The fourth-order valence-corrected chi connectivity index (χ4v) is 5.68. The van der Waals surface area contributed by atoms with E-state index in [-0.39, 0.29) is 35.1 Å². The molecule has 2 aliphatic rings. The van der Waals surface area contributed by atoms with E-state index in [0.717, 1.165) is 38.5 Å². The zero-order chi connectivity index (χ0) is 24.2. The molecule has 5 rings (SSSR count). The van der Waals surface area contributed by atoms with Crippen LogP contribution in [0.2, 0.25) is 0 Å². The number of nitrogens with one attached hydrogen (secondary N) is 1. The molecule has 1 saturated carbocycles. The number of rotatable bonds is 8. The van der Waals surface area contributed by atoms with Crippen molar-refractivity contribution in [2.75, 3.05) is 12.4 Å². The lowest BCUT2D eigenvalue weighted by molar-refractivity contribution is 0.0935. The van der Waals surface area contributed by atoms with Crippen molar-refractivity contribution in [2.45, 2.75) is 62.4 Å². The van der Waals surface area contributed by atoms with Crippen molar-refractivity contribution in [3.63, 3.8) is 0 Å². The van der Waals surface area contributed by atoms with Crippen molar-refractivity contribution in [2.24, 2.45) is 0 Å². The summed E-state index contributed by atoms with van der Waals surface area (Å²) >= 11 is 1.25. The van der Waals surface area contributed by atoms with E-state index in [0.29, 0.717) is 40.3 Å². The molecule has 1 atom stereocenters. The summed E-state index contributed by atoms with van der Waals surface area (Å²) in [6, 6.07) is 14.4. The highest BCUT2D eigenvalue weighted by Gasteiger charge is 2.22. The SMILES string of the molecule is O=C(CSc1nc2cc(C(=O)NC3CCCC3)ccc2c(=O)n1C[C@H]1CCCO1)c1ccccc1. The van der Waals surface area contributed by atoms with E-state index in [2.05, 4.69) is 5.32 Å². The molecule has 8 heteroatoms. The molecule has 2 aromatic carbocycles. The topological polar surface area (TPSA) is 90.3 Å². The van der Waals surface area contributed by atoms with Crippen LogP contribution in [0.4, 0.5) is 0 Å². The molecule has 3 aromatic rings. The first-order valence-corrected chi connectivity index (χ1v) is 13.2. The Kier molecular flexibility index (Phi) is 7.29. The lowest BCUT2D eigenvalue weighted by Crippen LogP contribution is -2.32. The van der Waals surface area contributed by atoms with Crippen LogP contribution in [0.15, 0.2) is 58.5 Å². The van der Waals surface area contributed by atoms with Crippen LogP contribution in [-0.2, 0) is 11.3 Å². The summed E-state index contributed by atoms with van der Waals surface area (Å²) in [5.74, 6) is -0.00842. The largest absolute Gasteiger partial charge is 0.376 e. The fourth-order valence-electron chi connectivity index (χ4n) is 4.78. The van der Waals surface area contributed by atoms with Gasteiger partial charge in [-0.3, -0.25) is 19.0 Å². The molecule has 1 amide bonds. The third kappa shape index (κ3) is 5.49. The number of amides is 1. The lowest BCUT2D eigenvalue weighted by atomic mass is 10.1. The van der Waals surface area contributed by atoms with Crippen molar-refractivity contribution < 1.29 is 14.3 Å². The molecule has 1 aliphatic carbocycles. The first-order valence-electron chi connectivity index (χ1n) is 12.3. The fraction of sp³-hybridized carbons (Fsp3) is 0.407.